The molecule has 0 spiro atoms. The van der Waals surface area contributed by atoms with Crippen molar-refractivity contribution in [2.45, 2.75) is 32.2 Å². The van der Waals surface area contributed by atoms with E-state index in [1.807, 2.05) is 6.20 Å². The first-order valence-corrected chi connectivity index (χ1v) is 7.70. The van der Waals surface area contributed by atoms with Crippen LogP contribution in [-0.4, -0.2) is 30.7 Å². The van der Waals surface area contributed by atoms with Gasteiger partial charge in [0.1, 0.15) is 0 Å². The highest BCUT2D eigenvalue weighted by atomic mass is 15.2. The molecule has 1 saturated heterocycles. The fourth-order valence-electron chi connectivity index (χ4n) is 3.07. The number of pyridine rings is 1. The molecule has 20 heavy (non-hydrogen) atoms. The summed E-state index contributed by atoms with van der Waals surface area (Å²) in [5.74, 6) is 0. The molecule has 3 nitrogen and oxygen atoms in total. The van der Waals surface area contributed by atoms with Gasteiger partial charge >= 0.3 is 0 Å². The van der Waals surface area contributed by atoms with Crippen molar-refractivity contribution < 1.29 is 0 Å². The molecule has 0 amide bonds. The Hall–Kier alpha value is -1.61. The van der Waals surface area contributed by atoms with E-state index in [4.69, 9.17) is 0 Å². The number of hydrogen-bond donors (Lipinski definition) is 1. The van der Waals surface area contributed by atoms with Gasteiger partial charge in [0.05, 0.1) is 5.52 Å². The number of anilines is 1. The van der Waals surface area contributed by atoms with Crippen LogP contribution >= 0.6 is 0 Å². The van der Waals surface area contributed by atoms with Crippen LogP contribution in [0, 0.1) is 0 Å². The van der Waals surface area contributed by atoms with Crippen molar-refractivity contribution in [3.05, 3.63) is 36.5 Å². The Morgan fingerprint density at radius 2 is 2.20 bits per heavy atom. The summed E-state index contributed by atoms with van der Waals surface area (Å²) in [6.45, 7) is 5.60. The second-order valence-electron chi connectivity index (χ2n) is 5.59. The Morgan fingerprint density at radius 3 is 3.10 bits per heavy atom. The largest absolute Gasteiger partial charge is 0.369 e. The third-order valence-electron chi connectivity index (χ3n) is 4.07. The fraction of sp³-hybridized carbons (Fsp3) is 0.471. The molecule has 2 heterocycles. The van der Waals surface area contributed by atoms with Crippen LogP contribution < -0.4 is 10.2 Å². The van der Waals surface area contributed by atoms with Crippen LogP contribution in [0.15, 0.2) is 36.5 Å². The van der Waals surface area contributed by atoms with Gasteiger partial charge in [-0.25, -0.2) is 0 Å². The summed E-state index contributed by atoms with van der Waals surface area (Å²) in [5.41, 5.74) is 2.42. The fourth-order valence-corrected chi connectivity index (χ4v) is 3.07. The molecule has 2 aromatic rings. The second-order valence-corrected chi connectivity index (χ2v) is 5.59. The molecular formula is C17H23N3. The first-order chi connectivity index (χ1) is 9.88. The molecule has 3 heteroatoms. The van der Waals surface area contributed by atoms with Crippen molar-refractivity contribution in [2.75, 3.05) is 24.5 Å². The van der Waals surface area contributed by atoms with Gasteiger partial charge in [-0.1, -0.05) is 25.1 Å². The number of hydrogen-bond acceptors (Lipinski definition) is 3. The summed E-state index contributed by atoms with van der Waals surface area (Å²) in [7, 11) is 0. The summed E-state index contributed by atoms with van der Waals surface area (Å²) in [4.78, 5) is 6.98. The van der Waals surface area contributed by atoms with Crippen LogP contribution in [0.2, 0.25) is 0 Å². The number of piperidine rings is 1. The highest BCUT2D eigenvalue weighted by Crippen LogP contribution is 2.27. The second kappa shape index (κ2) is 6.23. The summed E-state index contributed by atoms with van der Waals surface area (Å²) in [5, 5.41) is 4.93. The predicted molar refractivity (Wildman–Crippen MR) is 85.3 cm³/mol. The van der Waals surface area contributed by atoms with Crippen molar-refractivity contribution in [1.29, 1.82) is 0 Å². The summed E-state index contributed by atoms with van der Waals surface area (Å²) >= 11 is 0. The third-order valence-corrected chi connectivity index (χ3v) is 4.07. The average molecular weight is 269 g/mol. The van der Waals surface area contributed by atoms with Crippen LogP contribution in [0.1, 0.15) is 26.2 Å². The van der Waals surface area contributed by atoms with Gasteiger partial charge < -0.3 is 10.2 Å². The molecule has 1 aliphatic rings. The lowest BCUT2D eigenvalue weighted by molar-refractivity contribution is 0.424. The van der Waals surface area contributed by atoms with Crippen molar-refractivity contribution in [3.8, 4) is 0 Å². The number of nitrogens with zero attached hydrogens (tertiary/aromatic N) is 2. The Kier molecular flexibility index (Phi) is 4.16. The molecule has 1 aromatic carbocycles. The number of benzene rings is 1. The van der Waals surface area contributed by atoms with Crippen molar-refractivity contribution in [1.82, 2.24) is 10.3 Å². The highest BCUT2D eigenvalue weighted by Gasteiger charge is 2.20. The SMILES string of the molecule is CCCNC1CCCN(c2ccnc3ccccc23)C1. The van der Waals surface area contributed by atoms with Crippen LogP contribution in [0.4, 0.5) is 5.69 Å². The average Bonchev–Trinajstić information content (AvgIpc) is 2.52. The van der Waals surface area contributed by atoms with E-state index >= 15 is 0 Å². The minimum Gasteiger partial charge on any atom is -0.369 e. The van der Waals surface area contributed by atoms with E-state index in [1.165, 1.54) is 30.3 Å². The maximum Gasteiger partial charge on any atom is 0.0722 e. The van der Waals surface area contributed by atoms with Gasteiger partial charge in [-0.2, -0.15) is 0 Å². The van der Waals surface area contributed by atoms with Crippen molar-refractivity contribution in [3.63, 3.8) is 0 Å². The summed E-state index contributed by atoms with van der Waals surface area (Å²) in [6, 6.07) is 11.2. The molecule has 1 atom stereocenters. The number of aromatic nitrogens is 1. The van der Waals surface area contributed by atoms with Gasteiger partial charge in [0.2, 0.25) is 0 Å². The van der Waals surface area contributed by atoms with Crippen molar-refractivity contribution in [2.24, 2.45) is 0 Å². The number of nitrogens with one attached hydrogen (secondary N) is 1. The van der Waals surface area contributed by atoms with Gasteiger partial charge in [0, 0.05) is 36.4 Å². The predicted octanol–water partition coefficient (Wildman–Crippen LogP) is 3.20. The molecule has 1 unspecified atom stereocenters. The molecule has 3 rings (SSSR count). The standard InChI is InChI=1S/C17H23N3/c1-2-10-18-14-6-5-12-20(13-14)17-9-11-19-16-8-4-3-7-15(16)17/h3-4,7-9,11,14,18H,2,5-6,10,12-13H2,1H3. The summed E-state index contributed by atoms with van der Waals surface area (Å²) in [6.07, 6.45) is 5.69. The number of fused-ring (bicyclic) bond motifs is 1. The van der Waals surface area contributed by atoms with E-state index in [2.05, 4.69) is 52.5 Å². The Morgan fingerprint density at radius 1 is 1.30 bits per heavy atom. The molecular weight excluding hydrogens is 246 g/mol. The highest BCUT2D eigenvalue weighted by molar-refractivity contribution is 5.91. The normalized spacial score (nSPS) is 19.4. The zero-order chi connectivity index (χ0) is 13.8. The Balaban J connectivity index is 1.83. The van der Waals surface area contributed by atoms with E-state index in [-0.39, 0.29) is 0 Å². The van der Waals surface area contributed by atoms with E-state index in [1.54, 1.807) is 0 Å². The molecule has 106 valence electrons. The minimum atomic E-state index is 0.621. The van der Waals surface area contributed by atoms with Gasteiger partial charge in [-0.05, 0) is 37.9 Å². The maximum absolute atomic E-state index is 4.46. The van der Waals surface area contributed by atoms with Gasteiger partial charge in [0.25, 0.3) is 0 Å². The molecule has 0 radical (unpaired) electrons. The van der Waals surface area contributed by atoms with Gasteiger partial charge in [-0.15, -0.1) is 0 Å². The lowest BCUT2D eigenvalue weighted by Gasteiger charge is -2.35. The molecule has 1 fully saturated rings. The lowest BCUT2D eigenvalue weighted by Crippen LogP contribution is -2.46. The third kappa shape index (κ3) is 2.78. The van der Waals surface area contributed by atoms with E-state index in [0.29, 0.717) is 6.04 Å². The quantitative estimate of drug-likeness (QED) is 0.924. The van der Waals surface area contributed by atoms with E-state index < -0.39 is 0 Å². The Labute approximate surface area is 121 Å². The molecule has 0 saturated carbocycles. The molecule has 0 bridgehead atoms. The topological polar surface area (TPSA) is 28.2 Å². The zero-order valence-electron chi connectivity index (χ0n) is 12.2. The first-order valence-electron chi connectivity index (χ1n) is 7.70. The smallest absolute Gasteiger partial charge is 0.0722 e. The van der Waals surface area contributed by atoms with Crippen LogP contribution in [0.3, 0.4) is 0 Å². The molecule has 0 aliphatic carbocycles. The van der Waals surface area contributed by atoms with Crippen LogP contribution in [0.25, 0.3) is 10.9 Å². The Bertz CT molecular complexity index is 562. The molecule has 1 aliphatic heterocycles. The van der Waals surface area contributed by atoms with E-state index in [0.717, 1.165) is 25.2 Å². The summed E-state index contributed by atoms with van der Waals surface area (Å²) < 4.78 is 0. The molecule has 1 N–H and O–H groups in total. The lowest BCUT2D eigenvalue weighted by atomic mass is 10.0. The van der Waals surface area contributed by atoms with E-state index in [9.17, 15) is 0 Å². The number of rotatable bonds is 4. The maximum atomic E-state index is 4.46. The monoisotopic (exact) mass is 269 g/mol. The first kappa shape index (κ1) is 13.4. The van der Waals surface area contributed by atoms with Crippen LogP contribution in [-0.2, 0) is 0 Å². The number of para-hydroxylation sites is 1. The van der Waals surface area contributed by atoms with Crippen molar-refractivity contribution >= 4 is 16.6 Å². The van der Waals surface area contributed by atoms with Gasteiger partial charge in [-0.3, -0.25) is 4.98 Å². The zero-order valence-corrected chi connectivity index (χ0v) is 12.2. The minimum absolute atomic E-state index is 0.621. The van der Waals surface area contributed by atoms with Crippen LogP contribution in [0.5, 0.6) is 0 Å². The van der Waals surface area contributed by atoms with Gasteiger partial charge in [0.15, 0.2) is 0 Å². The molecule has 1 aromatic heterocycles.